The van der Waals surface area contributed by atoms with Gasteiger partial charge in [-0.15, -0.1) is 0 Å². The Morgan fingerprint density at radius 2 is 2.08 bits per heavy atom. The Balaban J connectivity index is 1.74. The average molecular weight is 325 g/mol. The second-order valence-corrected chi connectivity index (χ2v) is 5.76. The van der Waals surface area contributed by atoms with Crippen molar-refractivity contribution in [3.8, 4) is 11.5 Å². The summed E-state index contributed by atoms with van der Waals surface area (Å²) in [6.45, 7) is 1.90. The number of aldehydes is 1. The molecular weight excluding hydrogens is 306 g/mol. The predicted octanol–water partition coefficient (Wildman–Crippen LogP) is 2.86. The number of methoxy groups -OCH3 is 1. The Labute approximate surface area is 140 Å². The monoisotopic (exact) mass is 325 g/mol. The summed E-state index contributed by atoms with van der Waals surface area (Å²) in [5.41, 5.74) is 2.46. The van der Waals surface area contributed by atoms with Crippen molar-refractivity contribution in [3.63, 3.8) is 0 Å². The van der Waals surface area contributed by atoms with Crippen LogP contribution in [-0.4, -0.2) is 32.0 Å². The lowest BCUT2D eigenvalue weighted by Crippen LogP contribution is -2.39. The quantitative estimate of drug-likeness (QED) is 0.793. The van der Waals surface area contributed by atoms with E-state index in [4.69, 9.17) is 9.47 Å². The molecular formula is C19H19NO4. The van der Waals surface area contributed by atoms with Crippen LogP contribution in [0.25, 0.3) is 0 Å². The first-order chi connectivity index (χ1) is 11.6. The first-order valence-corrected chi connectivity index (χ1v) is 7.80. The van der Waals surface area contributed by atoms with Crippen molar-refractivity contribution in [2.75, 3.05) is 18.6 Å². The van der Waals surface area contributed by atoms with Crippen LogP contribution >= 0.6 is 0 Å². The highest BCUT2D eigenvalue weighted by molar-refractivity contribution is 5.97. The summed E-state index contributed by atoms with van der Waals surface area (Å²) in [4.78, 5) is 25.5. The zero-order chi connectivity index (χ0) is 17.1. The van der Waals surface area contributed by atoms with Gasteiger partial charge in [-0.2, -0.15) is 0 Å². The van der Waals surface area contributed by atoms with Gasteiger partial charge < -0.3 is 14.4 Å². The number of amides is 1. The van der Waals surface area contributed by atoms with Crippen molar-refractivity contribution in [1.82, 2.24) is 0 Å². The number of hydrogen-bond acceptors (Lipinski definition) is 4. The lowest BCUT2D eigenvalue weighted by Gasteiger charge is -2.23. The second kappa shape index (κ2) is 6.74. The maximum absolute atomic E-state index is 12.6. The largest absolute Gasteiger partial charge is 0.497 e. The topological polar surface area (TPSA) is 55.8 Å². The number of carbonyl (C=O) groups is 2. The smallest absolute Gasteiger partial charge is 0.265 e. The van der Waals surface area contributed by atoms with E-state index in [0.717, 1.165) is 17.7 Å². The summed E-state index contributed by atoms with van der Waals surface area (Å²) in [7, 11) is 1.53. The van der Waals surface area contributed by atoms with E-state index in [0.29, 0.717) is 23.3 Å². The Morgan fingerprint density at radius 3 is 2.83 bits per heavy atom. The number of benzene rings is 2. The van der Waals surface area contributed by atoms with Crippen LogP contribution < -0.4 is 14.4 Å². The minimum atomic E-state index is -0.125. The molecule has 0 radical (unpaired) electrons. The van der Waals surface area contributed by atoms with Gasteiger partial charge in [-0.3, -0.25) is 9.59 Å². The van der Waals surface area contributed by atoms with Gasteiger partial charge in [-0.25, -0.2) is 0 Å². The van der Waals surface area contributed by atoms with Crippen LogP contribution in [0.4, 0.5) is 5.69 Å². The zero-order valence-electron chi connectivity index (χ0n) is 13.7. The number of rotatable bonds is 5. The minimum Gasteiger partial charge on any atom is -0.497 e. The predicted molar refractivity (Wildman–Crippen MR) is 91.0 cm³/mol. The molecule has 2 aromatic rings. The summed E-state index contributed by atoms with van der Waals surface area (Å²) in [6.07, 6.45) is 1.53. The molecule has 1 aliphatic rings. The lowest BCUT2D eigenvalue weighted by atomic mass is 10.1. The molecule has 0 aromatic heterocycles. The molecule has 0 bridgehead atoms. The van der Waals surface area contributed by atoms with Gasteiger partial charge >= 0.3 is 0 Å². The third-order valence-electron chi connectivity index (χ3n) is 4.17. The van der Waals surface area contributed by atoms with E-state index in [9.17, 15) is 9.59 Å². The fraction of sp³-hybridized carbons (Fsp3) is 0.263. The number of ether oxygens (including phenoxy) is 2. The van der Waals surface area contributed by atoms with Crippen molar-refractivity contribution in [1.29, 1.82) is 0 Å². The van der Waals surface area contributed by atoms with Crippen molar-refractivity contribution in [3.05, 3.63) is 53.6 Å². The van der Waals surface area contributed by atoms with Crippen LogP contribution in [0.15, 0.2) is 42.5 Å². The second-order valence-electron chi connectivity index (χ2n) is 5.76. The number of nitrogens with zero attached hydrogens (tertiary/aromatic N) is 1. The number of para-hydroxylation sites is 1. The first kappa shape index (κ1) is 16.1. The number of hydrogen-bond donors (Lipinski definition) is 0. The molecule has 0 aliphatic carbocycles. The summed E-state index contributed by atoms with van der Waals surface area (Å²) in [5.74, 6) is 0.817. The van der Waals surface area contributed by atoms with Crippen molar-refractivity contribution in [2.24, 2.45) is 0 Å². The summed E-state index contributed by atoms with van der Waals surface area (Å²) < 4.78 is 10.7. The van der Waals surface area contributed by atoms with Gasteiger partial charge in [-0.1, -0.05) is 18.2 Å². The Bertz CT molecular complexity index is 772. The fourth-order valence-electron chi connectivity index (χ4n) is 3.03. The van der Waals surface area contributed by atoms with Crippen LogP contribution in [0, 0.1) is 0 Å². The standard InChI is InChI=1S/C19H19NO4/c1-13-9-14-5-3-4-6-17(14)20(13)19(22)12-24-18-8-7-16(23-2)10-15(18)11-21/h3-8,10-11,13H,9,12H2,1-2H3. The van der Waals surface area contributed by atoms with Crippen LogP contribution in [-0.2, 0) is 11.2 Å². The number of anilines is 1. The van der Waals surface area contributed by atoms with Gasteiger partial charge in [-0.05, 0) is 43.2 Å². The molecule has 1 atom stereocenters. The molecule has 0 N–H and O–H groups in total. The van der Waals surface area contributed by atoms with Crippen LogP contribution in [0.3, 0.4) is 0 Å². The SMILES string of the molecule is COc1ccc(OCC(=O)N2c3ccccc3CC2C)c(C=O)c1. The Hall–Kier alpha value is -2.82. The molecule has 0 spiro atoms. The highest BCUT2D eigenvalue weighted by Crippen LogP contribution is 2.32. The van der Waals surface area contributed by atoms with Crippen molar-refractivity contribution in [2.45, 2.75) is 19.4 Å². The van der Waals surface area contributed by atoms with E-state index >= 15 is 0 Å². The lowest BCUT2D eigenvalue weighted by molar-refractivity contribution is -0.120. The van der Waals surface area contributed by atoms with Gasteiger partial charge in [0.2, 0.25) is 0 Å². The highest BCUT2D eigenvalue weighted by Gasteiger charge is 2.30. The molecule has 24 heavy (non-hydrogen) atoms. The highest BCUT2D eigenvalue weighted by atomic mass is 16.5. The van der Waals surface area contributed by atoms with E-state index in [-0.39, 0.29) is 18.6 Å². The number of fused-ring (bicyclic) bond motifs is 1. The van der Waals surface area contributed by atoms with E-state index in [1.807, 2.05) is 31.2 Å². The molecule has 1 heterocycles. The van der Waals surface area contributed by atoms with E-state index < -0.39 is 0 Å². The third-order valence-corrected chi connectivity index (χ3v) is 4.17. The first-order valence-electron chi connectivity index (χ1n) is 7.80. The molecule has 0 fully saturated rings. The van der Waals surface area contributed by atoms with E-state index in [1.54, 1.807) is 23.1 Å². The van der Waals surface area contributed by atoms with Crippen LogP contribution in [0.2, 0.25) is 0 Å². The van der Waals surface area contributed by atoms with Crippen molar-refractivity contribution >= 4 is 17.9 Å². The summed E-state index contributed by atoms with van der Waals surface area (Å²) in [6, 6.07) is 12.9. The maximum Gasteiger partial charge on any atom is 0.265 e. The fourth-order valence-corrected chi connectivity index (χ4v) is 3.03. The molecule has 1 unspecified atom stereocenters. The average Bonchev–Trinajstić information content (AvgIpc) is 2.95. The third kappa shape index (κ3) is 2.97. The molecule has 2 aromatic carbocycles. The van der Waals surface area contributed by atoms with Gasteiger partial charge in [0.05, 0.1) is 12.7 Å². The van der Waals surface area contributed by atoms with Gasteiger partial charge in [0.25, 0.3) is 5.91 Å². The maximum atomic E-state index is 12.6. The molecule has 5 nitrogen and oxygen atoms in total. The molecule has 3 rings (SSSR count). The summed E-state index contributed by atoms with van der Waals surface area (Å²) in [5, 5.41) is 0. The molecule has 0 saturated heterocycles. The van der Waals surface area contributed by atoms with Gasteiger partial charge in [0.1, 0.15) is 11.5 Å². The Morgan fingerprint density at radius 1 is 1.29 bits per heavy atom. The zero-order valence-corrected chi connectivity index (χ0v) is 13.7. The van der Waals surface area contributed by atoms with E-state index in [2.05, 4.69) is 0 Å². The Kier molecular flexibility index (Phi) is 4.51. The molecule has 5 heteroatoms. The minimum absolute atomic E-state index is 0.0971. The molecule has 124 valence electrons. The van der Waals surface area contributed by atoms with Crippen LogP contribution in [0.1, 0.15) is 22.8 Å². The molecule has 0 saturated carbocycles. The number of carbonyl (C=O) groups excluding carboxylic acids is 2. The normalized spacial score (nSPS) is 15.8. The van der Waals surface area contributed by atoms with Gasteiger partial charge in [0, 0.05) is 11.7 Å². The van der Waals surface area contributed by atoms with Gasteiger partial charge in [0.15, 0.2) is 12.9 Å². The van der Waals surface area contributed by atoms with E-state index in [1.165, 1.54) is 7.11 Å². The molecule has 1 amide bonds. The van der Waals surface area contributed by atoms with Crippen LogP contribution in [0.5, 0.6) is 11.5 Å². The van der Waals surface area contributed by atoms with Crippen molar-refractivity contribution < 1.29 is 19.1 Å². The summed E-state index contributed by atoms with van der Waals surface area (Å²) >= 11 is 0. The molecule has 1 aliphatic heterocycles.